The molecule has 3 rings (SSSR count). The Hall–Kier alpha value is -1.62. The number of rotatable bonds is 3. The molecule has 1 aromatic rings. The van der Waals surface area contributed by atoms with Crippen molar-refractivity contribution in [3.8, 4) is 5.75 Å². The lowest BCUT2D eigenvalue weighted by molar-refractivity contribution is 0.0726. The zero-order valence-corrected chi connectivity index (χ0v) is 12.0. The van der Waals surface area contributed by atoms with Crippen molar-refractivity contribution in [3.63, 3.8) is 0 Å². The Bertz CT molecular complexity index is 553. The molecule has 0 bridgehead atoms. The van der Waals surface area contributed by atoms with E-state index >= 15 is 0 Å². The Morgan fingerprint density at radius 3 is 2.57 bits per heavy atom. The van der Waals surface area contributed by atoms with Crippen LogP contribution in [0.4, 0.5) is 4.39 Å². The van der Waals surface area contributed by atoms with Crippen LogP contribution in [0.2, 0.25) is 0 Å². The van der Waals surface area contributed by atoms with Crippen molar-refractivity contribution in [1.82, 2.24) is 4.90 Å². The van der Waals surface area contributed by atoms with Crippen molar-refractivity contribution in [2.24, 2.45) is 17.6 Å². The molecule has 1 heterocycles. The molecule has 4 nitrogen and oxygen atoms in total. The van der Waals surface area contributed by atoms with Gasteiger partial charge in [0.2, 0.25) is 0 Å². The SMILES string of the molecule is NC[C@H]1CC[C@H](CN2Cc3ccc(O)c(F)c3C2=O)CC1. The molecule has 3 N–H and O–H groups in total. The van der Waals surface area contributed by atoms with Gasteiger partial charge in [-0.25, -0.2) is 4.39 Å². The molecule has 5 heteroatoms. The van der Waals surface area contributed by atoms with Crippen LogP contribution in [0.15, 0.2) is 12.1 Å². The van der Waals surface area contributed by atoms with Crippen molar-refractivity contribution >= 4 is 5.91 Å². The zero-order chi connectivity index (χ0) is 15.0. The first-order valence-corrected chi connectivity index (χ1v) is 7.59. The molecule has 0 unspecified atom stereocenters. The van der Waals surface area contributed by atoms with Gasteiger partial charge in [0.15, 0.2) is 11.6 Å². The van der Waals surface area contributed by atoms with E-state index in [0.29, 0.717) is 30.5 Å². The summed E-state index contributed by atoms with van der Waals surface area (Å²) in [5.74, 6) is -0.441. The predicted molar refractivity (Wildman–Crippen MR) is 77.3 cm³/mol. The highest BCUT2D eigenvalue weighted by Crippen LogP contribution is 2.33. The van der Waals surface area contributed by atoms with E-state index in [4.69, 9.17) is 5.73 Å². The highest BCUT2D eigenvalue weighted by atomic mass is 19.1. The van der Waals surface area contributed by atoms with Gasteiger partial charge in [0.25, 0.3) is 5.91 Å². The van der Waals surface area contributed by atoms with Gasteiger partial charge < -0.3 is 15.7 Å². The number of amides is 1. The number of nitrogens with two attached hydrogens (primary N) is 1. The minimum atomic E-state index is -0.785. The van der Waals surface area contributed by atoms with E-state index in [0.717, 1.165) is 32.2 Å². The summed E-state index contributed by atoms with van der Waals surface area (Å²) in [5.41, 5.74) is 6.41. The Kier molecular flexibility index (Phi) is 3.85. The van der Waals surface area contributed by atoms with Crippen molar-refractivity contribution in [2.45, 2.75) is 32.2 Å². The first-order chi connectivity index (χ1) is 10.1. The van der Waals surface area contributed by atoms with Gasteiger partial charge in [-0.1, -0.05) is 6.07 Å². The van der Waals surface area contributed by atoms with E-state index in [9.17, 15) is 14.3 Å². The van der Waals surface area contributed by atoms with Gasteiger partial charge >= 0.3 is 0 Å². The number of benzene rings is 1. The number of hydrogen-bond donors (Lipinski definition) is 2. The summed E-state index contributed by atoms with van der Waals surface area (Å²) in [5, 5.41) is 9.41. The van der Waals surface area contributed by atoms with Gasteiger partial charge in [-0.05, 0) is 55.7 Å². The second-order valence-corrected chi connectivity index (χ2v) is 6.24. The number of fused-ring (bicyclic) bond motifs is 1. The van der Waals surface area contributed by atoms with Gasteiger partial charge in [0.05, 0.1) is 5.56 Å². The topological polar surface area (TPSA) is 66.6 Å². The van der Waals surface area contributed by atoms with E-state index in [1.165, 1.54) is 6.07 Å². The molecule has 114 valence electrons. The Labute approximate surface area is 123 Å². The number of aromatic hydroxyl groups is 1. The molecule has 21 heavy (non-hydrogen) atoms. The zero-order valence-electron chi connectivity index (χ0n) is 12.0. The van der Waals surface area contributed by atoms with Gasteiger partial charge in [-0.15, -0.1) is 0 Å². The summed E-state index contributed by atoms with van der Waals surface area (Å²) in [4.78, 5) is 14.0. The summed E-state index contributed by atoms with van der Waals surface area (Å²) < 4.78 is 13.9. The Balaban J connectivity index is 1.67. The van der Waals surface area contributed by atoms with Crippen molar-refractivity contribution < 1.29 is 14.3 Å². The van der Waals surface area contributed by atoms with Crippen molar-refractivity contribution in [2.75, 3.05) is 13.1 Å². The maximum Gasteiger partial charge on any atom is 0.257 e. The van der Waals surface area contributed by atoms with Gasteiger partial charge in [-0.2, -0.15) is 0 Å². The lowest BCUT2D eigenvalue weighted by Crippen LogP contribution is -2.33. The number of carbonyl (C=O) groups is 1. The van der Waals surface area contributed by atoms with Crippen LogP contribution in [-0.4, -0.2) is 29.0 Å². The van der Waals surface area contributed by atoms with Gasteiger partial charge in [-0.3, -0.25) is 4.79 Å². The predicted octanol–water partition coefficient (Wildman–Crippen LogP) is 2.25. The summed E-state index contributed by atoms with van der Waals surface area (Å²) in [6.07, 6.45) is 4.39. The van der Waals surface area contributed by atoms with Gasteiger partial charge in [0, 0.05) is 13.1 Å². The molecule has 0 atom stereocenters. The van der Waals surface area contributed by atoms with Crippen LogP contribution in [0.25, 0.3) is 0 Å². The second kappa shape index (κ2) is 5.64. The average molecular weight is 292 g/mol. The number of carbonyl (C=O) groups excluding carboxylic acids is 1. The molecule has 1 saturated carbocycles. The van der Waals surface area contributed by atoms with Crippen LogP contribution in [0, 0.1) is 17.7 Å². The summed E-state index contributed by atoms with van der Waals surface area (Å²) >= 11 is 0. The highest BCUT2D eigenvalue weighted by molar-refractivity contribution is 5.99. The molecular formula is C16H21FN2O2. The van der Waals surface area contributed by atoms with Gasteiger partial charge in [0.1, 0.15) is 0 Å². The van der Waals surface area contributed by atoms with E-state index < -0.39 is 11.6 Å². The molecule has 0 saturated heterocycles. The molecule has 1 amide bonds. The molecule has 0 aromatic heterocycles. The van der Waals surface area contributed by atoms with Crippen LogP contribution in [0.1, 0.15) is 41.6 Å². The number of hydrogen-bond acceptors (Lipinski definition) is 3. The monoisotopic (exact) mass is 292 g/mol. The van der Waals surface area contributed by atoms with Crippen molar-refractivity contribution in [3.05, 3.63) is 29.1 Å². The van der Waals surface area contributed by atoms with E-state index in [1.807, 2.05) is 0 Å². The van der Waals surface area contributed by atoms with E-state index in [1.54, 1.807) is 11.0 Å². The maximum atomic E-state index is 13.9. The molecular weight excluding hydrogens is 271 g/mol. The fourth-order valence-corrected chi connectivity index (χ4v) is 3.51. The van der Waals surface area contributed by atoms with Crippen LogP contribution in [0.5, 0.6) is 5.75 Å². The third-order valence-electron chi connectivity index (χ3n) is 4.85. The summed E-state index contributed by atoms with van der Waals surface area (Å²) in [6, 6.07) is 2.95. The highest BCUT2D eigenvalue weighted by Gasteiger charge is 2.33. The molecule has 1 aliphatic carbocycles. The Morgan fingerprint density at radius 1 is 1.24 bits per heavy atom. The fraction of sp³-hybridized carbons (Fsp3) is 0.562. The second-order valence-electron chi connectivity index (χ2n) is 6.24. The molecule has 1 fully saturated rings. The lowest BCUT2D eigenvalue weighted by atomic mass is 9.82. The lowest BCUT2D eigenvalue weighted by Gasteiger charge is -2.30. The van der Waals surface area contributed by atoms with Crippen LogP contribution < -0.4 is 5.73 Å². The smallest absolute Gasteiger partial charge is 0.257 e. The standard InChI is InChI=1S/C16H21FN2O2/c17-15-13(20)6-5-12-9-19(16(21)14(12)15)8-11-3-1-10(7-18)2-4-11/h5-6,10-11,20H,1-4,7-9,18H2/t10-,11-. The van der Waals surface area contributed by atoms with Crippen LogP contribution in [-0.2, 0) is 6.54 Å². The minimum Gasteiger partial charge on any atom is -0.505 e. The van der Waals surface area contributed by atoms with Crippen molar-refractivity contribution in [1.29, 1.82) is 0 Å². The molecule has 1 aromatic carbocycles. The summed E-state index contributed by atoms with van der Waals surface area (Å²) in [7, 11) is 0. The molecule has 0 spiro atoms. The molecule has 0 radical (unpaired) electrons. The average Bonchev–Trinajstić information content (AvgIpc) is 2.81. The van der Waals surface area contributed by atoms with Crippen LogP contribution in [0.3, 0.4) is 0 Å². The first kappa shape index (κ1) is 14.3. The Morgan fingerprint density at radius 2 is 1.90 bits per heavy atom. The molecule has 1 aliphatic heterocycles. The number of halogens is 1. The summed E-state index contributed by atoms with van der Waals surface area (Å²) in [6.45, 7) is 1.86. The fourth-order valence-electron chi connectivity index (χ4n) is 3.51. The number of nitrogens with zero attached hydrogens (tertiary/aromatic N) is 1. The maximum absolute atomic E-state index is 13.9. The quantitative estimate of drug-likeness (QED) is 0.898. The third kappa shape index (κ3) is 2.62. The normalized spacial score (nSPS) is 25.2. The first-order valence-electron chi connectivity index (χ1n) is 7.59. The van der Waals surface area contributed by atoms with Crippen LogP contribution >= 0.6 is 0 Å². The largest absolute Gasteiger partial charge is 0.505 e. The molecule has 2 aliphatic rings. The minimum absolute atomic E-state index is 0.0469. The number of phenols is 1. The van der Waals surface area contributed by atoms with E-state index in [2.05, 4.69) is 0 Å². The third-order valence-corrected chi connectivity index (χ3v) is 4.85. The van der Waals surface area contributed by atoms with E-state index in [-0.39, 0.29) is 11.5 Å². The number of phenolic OH excluding ortho intramolecular Hbond substituents is 1.